The third-order valence-corrected chi connectivity index (χ3v) is 2.54. The predicted molar refractivity (Wildman–Crippen MR) is 59.6 cm³/mol. The number of rotatable bonds is 2. The molecule has 0 saturated carbocycles. The molecule has 1 aromatic rings. The van der Waals surface area contributed by atoms with Crippen molar-refractivity contribution in [2.24, 2.45) is 0 Å². The van der Waals surface area contributed by atoms with Crippen molar-refractivity contribution in [3.05, 3.63) is 35.4 Å². The number of allylic oxidation sites excluding steroid dienone is 1. The minimum Gasteiger partial charge on any atom is -0.494 e. The fourth-order valence-electron chi connectivity index (χ4n) is 1.84. The van der Waals surface area contributed by atoms with Gasteiger partial charge in [0.05, 0.1) is 6.61 Å². The fourth-order valence-corrected chi connectivity index (χ4v) is 1.84. The van der Waals surface area contributed by atoms with Crippen LogP contribution in [0.3, 0.4) is 0 Å². The van der Waals surface area contributed by atoms with E-state index in [-0.39, 0.29) is 0 Å². The van der Waals surface area contributed by atoms with Crippen LogP contribution in [-0.4, -0.2) is 6.61 Å². The van der Waals surface area contributed by atoms with Crippen molar-refractivity contribution in [2.45, 2.75) is 26.2 Å². The van der Waals surface area contributed by atoms with E-state index in [0.29, 0.717) is 0 Å². The maximum Gasteiger partial charge on any atom is 0.119 e. The Morgan fingerprint density at radius 1 is 1.36 bits per heavy atom. The van der Waals surface area contributed by atoms with Crippen LogP contribution in [0.1, 0.15) is 30.9 Å². The summed E-state index contributed by atoms with van der Waals surface area (Å²) in [5.41, 5.74) is 2.77. The molecule has 0 atom stereocenters. The quantitative estimate of drug-likeness (QED) is 0.690. The average Bonchev–Trinajstić information content (AvgIpc) is 2.42. The first kappa shape index (κ1) is 9.32. The molecular formula is C13H16O. The van der Waals surface area contributed by atoms with E-state index in [0.717, 1.165) is 12.4 Å². The number of benzene rings is 1. The Hall–Kier alpha value is -1.24. The van der Waals surface area contributed by atoms with Crippen molar-refractivity contribution in [2.75, 3.05) is 6.61 Å². The van der Waals surface area contributed by atoms with Crippen molar-refractivity contribution >= 4 is 6.08 Å². The van der Waals surface area contributed by atoms with E-state index in [4.69, 9.17) is 4.74 Å². The van der Waals surface area contributed by atoms with Gasteiger partial charge in [-0.3, -0.25) is 0 Å². The van der Waals surface area contributed by atoms with Crippen LogP contribution in [0.2, 0.25) is 0 Å². The number of ether oxygens (including phenoxy) is 1. The van der Waals surface area contributed by atoms with Gasteiger partial charge in [-0.1, -0.05) is 18.2 Å². The highest BCUT2D eigenvalue weighted by molar-refractivity contribution is 5.56. The third-order valence-electron chi connectivity index (χ3n) is 2.54. The summed E-state index contributed by atoms with van der Waals surface area (Å²) in [6, 6.07) is 6.38. The molecule has 0 unspecified atom stereocenters. The Morgan fingerprint density at radius 3 is 3.14 bits per heavy atom. The minimum absolute atomic E-state index is 0.745. The highest BCUT2D eigenvalue weighted by Gasteiger charge is 2.04. The molecule has 2 rings (SSSR count). The molecule has 74 valence electrons. The second-order valence-corrected chi connectivity index (χ2v) is 3.59. The Kier molecular flexibility index (Phi) is 2.87. The van der Waals surface area contributed by atoms with Crippen LogP contribution in [0, 0.1) is 0 Å². The molecule has 1 aromatic carbocycles. The first-order valence-corrected chi connectivity index (χ1v) is 5.32. The minimum atomic E-state index is 0.745. The molecule has 1 heteroatoms. The number of aryl methyl sites for hydroxylation is 1. The Labute approximate surface area is 85.4 Å². The Morgan fingerprint density at radius 2 is 2.29 bits per heavy atom. The standard InChI is InChI=1S/C13H16O/c1-2-14-13-9-8-11-6-4-3-5-7-12(11)10-13/h4,6,8-10H,2-3,5,7H2,1H3. The van der Waals surface area contributed by atoms with Gasteiger partial charge in [0, 0.05) is 0 Å². The highest BCUT2D eigenvalue weighted by atomic mass is 16.5. The van der Waals surface area contributed by atoms with Gasteiger partial charge in [0.2, 0.25) is 0 Å². The molecule has 0 fully saturated rings. The fraction of sp³-hybridized carbons (Fsp3) is 0.385. The zero-order chi connectivity index (χ0) is 9.80. The molecule has 0 spiro atoms. The molecule has 0 N–H and O–H groups in total. The number of fused-ring (bicyclic) bond motifs is 1. The zero-order valence-corrected chi connectivity index (χ0v) is 8.62. The zero-order valence-electron chi connectivity index (χ0n) is 8.62. The monoisotopic (exact) mass is 188 g/mol. The van der Waals surface area contributed by atoms with E-state index in [2.05, 4.69) is 30.4 Å². The summed E-state index contributed by atoms with van der Waals surface area (Å²) in [7, 11) is 0. The molecule has 1 aliphatic rings. The Balaban J connectivity index is 2.29. The summed E-state index contributed by atoms with van der Waals surface area (Å²) in [5, 5.41) is 0. The molecule has 14 heavy (non-hydrogen) atoms. The second-order valence-electron chi connectivity index (χ2n) is 3.59. The number of hydrogen-bond acceptors (Lipinski definition) is 1. The first-order valence-electron chi connectivity index (χ1n) is 5.32. The number of hydrogen-bond donors (Lipinski definition) is 0. The van der Waals surface area contributed by atoms with Gasteiger partial charge in [0.25, 0.3) is 0 Å². The van der Waals surface area contributed by atoms with Crippen LogP contribution in [-0.2, 0) is 6.42 Å². The van der Waals surface area contributed by atoms with Crippen LogP contribution in [0.5, 0.6) is 5.75 Å². The lowest BCUT2D eigenvalue weighted by Gasteiger charge is -2.07. The van der Waals surface area contributed by atoms with Crippen molar-refractivity contribution in [1.82, 2.24) is 0 Å². The molecular weight excluding hydrogens is 172 g/mol. The van der Waals surface area contributed by atoms with Crippen molar-refractivity contribution in [3.8, 4) is 5.75 Å². The van der Waals surface area contributed by atoms with Gasteiger partial charge in [-0.25, -0.2) is 0 Å². The van der Waals surface area contributed by atoms with Crippen LogP contribution in [0.25, 0.3) is 6.08 Å². The van der Waals surface area contributed by atoms with Gasteiger partial charge in [-0.15, -0.1) is 0 Å². The lowest BCUT2D eigenvalue weighted by Crippen LogP contribution is -1.94. The molecule has 0 heterocycles. The molecule has 0 bridgehead atoms. The summed E-state index contributed by atoms with van der Waals surface area (Å²) in [6.45, 7) is 2.76. The van der Waals surface area contributed by atoms with E-state index in [1.165, 1.54) is 30.4 Å². The smallest absolute Gasteiger partial charge is 0.119 e. The van der Waals surface area contributed by atoms with Crippen LogP contribution >= 0.6 is 0 Å². The van der Waals surface area contributed by atoms with Crippen LogP contribution in [0.15, 0.2) is 24.3 Å². The van der Waals surface area contributed by atoms with E-state index >= 15 is 0 Å². The summed E-state index contributed by atoms with van der Waals surface area (Å²) in [5.74, 6) is 1.00. The van der Waals surface area contributed by atoms with Crippen LogP contribution in [0.4, 0.5) is 0 Å². The van der Waals surface area contributed by atoms with Crippen molar-refractivity contribution in [1.29, 1.82) is 0 Å². The van der Waals surface area contributed by atoms with Gasteiger partial charge in [-0.05, 0) is 49.4 Å². The van der Waals surface area contributed by atoms with E-state index in [1.54, 1.807) is 0 Å². The van der Waals surface area contributed by atoms with E-state index in [9.17, 15) is 0 Å². The maximum atomic E-state index is 5.49. The molecule has 0 aromatic heterocycles. The van der Waals surface area contributed by atoms with E-state index in [1.807, 2.05) is 6.92 Å². The SMILES string of the molecule is CCOc1ccc2c(c1)CCCC=C2. The average molecular weight is 188 g/mol. The summed E-state index contributed by atoms with van der Waals surface area (Å²) < 4.78 is 5.49. The molecule has 0 aliphatic heterocycles. The van der Waals surface area contributed by atoms with Gasteiger partial charge in [0.1, 0.15) is 5.75 Å². The lowest BCUT2D eigenvalue weighted by molar-refractivity contribution is 0.340. The summed E-state index contributed by atoms with van der Waals surface area (Å²) in [4.78, 5) is 0. The molecule has 0 saturated heterocycles. The van der Waals surface area contributed by atoms with Gasteiger partial charge in [0.15, 0.2) is 0 Å². The summed E-state index contributed by atoms with van der Waals surface area (Å²) >= 11 is 0. The first-order chi connectivity index (χ1) is 6.90. The summed E-state index contributed by atoms with van der Waals surface area (Å²) in [6.07, 6.45) is 8.09. The maximum absolute atomic E-state index is 5.49. The topological polar surface area (TPSA) is 9.23 Å². The third kappa shape index (κ3) is 1.98. The second kappa shape index (κ2) is 4.32. The Bertz CT molecular complexity index is 339. The van der Waals surface area contributed by atoms with Gasteiger partial charge in [-0.2, -0.15) is 0 Å². The molecule has 1 nitrogen and oxygen atoms in total. The van der Waals surface area contributed by atoms with Gasteiger partial charge < -0.3 is 4.74 Å². The molecule has 0 amide bonds. The van der Waals surface area contributed by atoms with Gasteiger partial charge >= 0.3 is 0 Å². The lowest BCUT2D eigenvalue weighted by atomic mass is 10.0. The normalized spacial score (nSPS) is 14.6. The highest BCUT2D eigenvalue weighted by Crippen LogP contribution is 2.23. The van der Waals surface area contributed by atoms with Crippen molar-refractivity contribution in [3.63, 3.8) is 0 Å². The van der Waals surface area contributed by atoms with Crippen molar-refractivity contribution < 1.29 is 4.74 Å². The largest absolute Gasteiger partial charge is 0.494 e. The predicted octanol–water partition coefficient (Wildman–Crippen LogP) is 3.43. The molecule has 0 radical (unpaired) electrons. The van der Waals surface area contributed by atoms with Crippen LogP contribution < -0.4 is 4.74 Å². The molecule has 1 aliphatic carbocycles. The van der Waals surface area contributed by atoms with E-state index < -0.39 is 0 Å².